The molecule has 0 saturated carbocycles. The highest BCUT2D eigenvalue weighted by Crippen LogP contribution is 2.20. The molecular weight excluding hydrogens is 192 g/mol. The lowest BCUT2D eigenvalue weighted by Gasteiger charge is -2.29. The molecule has 0 aliphatic carbocycles. The molecule has 0 aromatic rings. The molecule has 0 aromatic carbocycles. The maximum atomic E-state index is 9.68. The van der Waals surface area contributed by atoms with Crippen molar-refractivity contribution in [1.82, 2.24) is 0 Å². The molecule has 3 nitrogen and oxygen atoms in total. The van der Waals surface area contributed by atoms with E-state index < -0.39 is 5.60 Å². The topological polar surface area (TPSA) is 38.7 Å². The van der Waals surface area contributed by atoms with Gasteiger partial charge in [0, 0.05) is 13.0 Å². The van der Waals surface area contributed by atoms with Crippen LogP contribution < -0.4 is 0 Å². The summed E-state index contributed by atoms with van der Waals surface area (Å²) in [6, 6.07) is 0. The molecule has 0 spiro atoms. The fourth-order valence-corrected chi connectivity index (χ4v) is 1.69. The van der Waals surface area contributed by atoms with Crippen LogP contribution in [0, 0.1) is 0 Å². The molecular formula is C12H22O3. The van der Waals surface area contributed by atoms with Crippen LogP contribution in [0.4, 0.5) is 0 Å². The van der Waals surface area contributed by atoms with Gasteiger partial charge in [0.2, 0.25) is 0 Å². The highest BCUT2D eigenvalue weighted by atomic mass is 16.7. The molecule has 1 saturated heterocycles. The Morgan fingerprint density at radius 3 is 2.80 bits per heavy atom. The van der Waals surface area contributed by atoms with Crippen molar-refractivity contribution in [2.75, 3.05) is 6.61 Å². The number of hydrogen-bond donors (Lipinski definition) is 1. The molecule has 1 aliphatic heterocycles. The Bertz CT molecular complexity index is 190. The fraction of sp³-hybridized carbons (Fsp3) is 0.833. The lowest BCUT2D eigenvalue weighted by atomic mass is 10.0. The van der Waals surface area contributed by atoms with E-state index in [1.54, 1.807) is 19.9 Å². The smallest absolute Gasteiger partial charge is 0.158 e. The Morgan fingerprint density at radius 1 is 1.60 bits per heavy atom. The minimum absolute atomic E-state index is 0.121. The van der Waals surface area contributed by atoms with Crippen LogP contribution in [0.3, 0.4) is 0 Å². The second-order valence-electron chi connectivity index (χ2n) is 4.72. The summed E-state index contributed by atoms with van der Waals surface area (Å²) < 4.78 is 11.2. The molecule has 1 unspecified atom stereocenters. The van der Waals surface area contributed by atoms with Crippen molar-refractivity contribution in [1.29, 1.82) is 0 Å². The van der Waals surface area contributed by atoms with Gasteiger partial charge in [-0.05, 0) is 33.1 Å². The zero-order valence-corrected chi connectivity index (χ0v) is 9.74. The van der Waals surface area contributed by atoms with Crippen molar-refractivity contribution in [2.45, 2.75) is 57.5 Å². The Kier molecular flexibility index (Phi) is 4.77. The van der Waals surface area contributed by atoms with Gasteiger partial charge in [-0.1, -0.05) is 6.08 Å². The second-order valence-corrected chi connectivity index (χ2v) is 4.72. The minimum Gasteiger partial charge on any atom is -0.390 e. The molecule has 1 heterocycles. The molecule has 1 aliphatic rings. The molecule has 1 fully saturated rings. The third-order valence-corrected chi connectivity index (χ3v) is 2.43. The van der Waals surface area contributed by atoms with E-state index in [0.29, 0.717) is 6.42 Å². The van der Waals surface area contributed by atoms with Gasteiger partial charge < -0.3 is 14.6 Å². The highest BCUT2D eigenvalue weighted by Gasteiger charge is 2.23. The van der Waals surface area contributed by atoms with E-state index >= 15 is 0 Å². The van der Waals surface area contributed by atoms with Crippen LogP contribution in [0.25, 0.3) is 0 Å². The minimum atomic E-state index is -0.729. The van der Waals surface area contributed by atoms with Crippen molar-refractivity contribution in [3.8, 4) is 0 Å². The summed E-state index contributed by atoms with van der Waals surface area (Å²) in [5, 5.41) is 9.68. The quantitative estimate of drug-likeness (QED) is 0.713. The molecule has 15 heavy (non-hydrogen) atoms. The first-order valence-electron chi connectivity index (χ1n) is 5.63. The number of ether oxygens (including phenoxy) is 2. The van der Waals surface area contributed by atoms with Crippen LogP contribution >= 0.6 is 0 Å². The van der Waals surface area contributed by atoms with E-state index in [4.69, 9.17) is 9.47 Å². The van der Waals surface area contributed by atoms with E-state index in [0.717, 1.165) is 25.9 Å². The van der Waals surface area contributed by atoms with Gasteiger partial charge in [-0.25, -0.2) is 0 Å². The SMILES string of the molecule is C=CC(CC(C)(C)O)O[C@H]1CCCCO1. The molecule has 1 rings (SSSR count). The lowest BCUT2D eigenvalue weighted by Crippen LogP contribution is -2.32. The van der Waals surface area contributed by atoms with E-state index in [9.17, 15) is 5.11 Å². The van der Waals surface area contributed by atoms with Crippen molar-refractivity contribution in [2.24, 2.45) is 0 Å². The van der Waals surface area contributed by atoms with Gasteiger partial charge >= 0.3 is 0 Å². The summed E-state index contributed by atoms with van der Waals surface area (Å²) in [6.45, 7) is 8.04. The fourth-order valence-electron chi connectivity index (χ4n) is 1.69. The molecule has 88 valence electrons. The van der Waals surface area contributed by atoms with E-state index in [1.807, 2.05) is 0 Å². The number of hydrogen-bond acceptors (Lipinski definition) is 3. The first kappa shape index (κ1) is 12.7. The van der Waals surface area contributed by atoms with Crippen LogP contribution in [0.15, 0.2) is 12.7 Å². The van der Waals surface area contributed by atoms with Crippen LogP contribution in [-0.4, -0.2) is 29.7 Å². The van der Waals surface area contributed by atoms with Gasteiger partial charge in [0.25, 0.3) is 0 Å². The Labute approximate surface area is 92.1 Å². The predicted molar refractivity (Wildman–Crippen MR) is 59.6 cm³/mol. The summed E-state index contributed by atoms with van der Waals surface area (Å²) in [6.07, 6.45) is 5.24. The maximum Gasteiger partial charge on any atom is 0.158 e. The van der Waals surface area contributed by atoms with E-state index in [2.05, 4.69) is 6.58 Å². The Hall–Kier alpha value is -0.380. The van der Waals surface area contributed by atoms with Gasteiger partial charge in [0.1, 0.15) is 0 Å². The second kappa shape index (κ2) is 5.64. The average molecular weight is 214 g/mol. The molecule has 0 radical (unpaired) electrons. The van der Waals surface area contributed by atoms with Gasteiger partial charge in [-0.2, -0.15) is 0 Å². The Morgan fingerprint density at radius 2 is 2.33 bits per heavy atom. The summed E-state index contributed by atoms with van der Waals surface area (Å²) in [4.78, 5) is 0. The largest absolute Gasteiger partial charge is 0.390 e. The first-order chi connectivity index (χ1) is 7.01. The standard InChI is InChI=1S/C12H22O3/c1-4-10(9-12(2,3)13)15-11-7-5-6-8-14-11/h4,10-11,13H,1,5-9H2,2-3H3/t10?,11-/m0/s1. The third kappa shape index (κ3) is 5.30. The lowest BCUT2D eigenvalue weighted by molar-refractivity contribution is -0.185. The van der Waals surface area contributed by atoms with Crippen LogP contribution in [0.2, 0.25) is 0 Å². The summed E-state index contributed by atoms with van der Waals surface area (Å²) in [5.74, 6) is 0. The number of rotatable bonds is 5. The summed E-state index contributed by atoms with van der Waals surface area (Å²) >= 11 is 0. The van der Waals surface area contributed by atoms with E-state index in [-0.39, 0.29) is 12.4 Å². The maximum absolute atomic E-state index is 9.68. The third-order valence-electron chi connectivity index (χ3n) is 2.43. The van der Waals surface area contributed by atoms with Crippen molar-refractivity contribution in [3.63, 3.8) is 0 Å². The first-order valence-corrected chi connectivity index (χ1v) is 5.63. The van der Waals surface area contributed by atoms with Gasteiger partial charge in [0.05, 0.1) is 11.7 Å². The van der Waals surface area contributed by atoms with Crippen molar-refractivity contribution < 1.29 is 14.6 Å². The summed E-state index contributed by atoms with van der Waals surface area (Å²) in [7, 11) is 0. The van der Waals surface area contributed by atoms with Crippen molar-refractivity contribution >= 4 is 0 Å². The molecule has 3 heteroatoms. The van der Waals surface area contributed by atoms with Crippen molar-refractivity contribution in [3.05, 3.63) is 12.7 Å². The summed E-state index contributed by atoms with van der Waals surface area (Å²) in [5.41, 5.74) is -0.729. The zero-order chi connectivity index (χ0) is 11.3. The highest BCUT2D eigenvalue weighted by molar-refractivity contribution is 4.85. The van der Waals surface area contributed by atoms with Gasteiger partial charge in [0.15, 0.2) is 6.29 Å². The van der Waals surface area contributed by atoms with Crippen LogP contribution in [0.5, 0.6) is 0 Å². The molecule has 2 atom stereocenters. The van der Waals surface area contributed by atoms with Crippen LogP contribution in [-0.2, 0) is 9.47 Å². The number of aliphatic hydroxyl groups is 1. The zero-order valence-electron chi connectivity index (χ0n) is 9.74. The van der Waals surface area contributed by atoms with E-state index in [1.165, 1.54) is 0 Å². The van der Waals surface area contributed by atoms with Crippen LogP contribution in [0.1, 0.15) is 39.5 Å². The van der Waals surface area contributed by atoms with Gasteiger partial charge in [-0.15, -0.1) is 6.58 Å². The van der Waals surface area contributed by atoms with Gasteiger partial charge in [-0.3, -0.25) is 0 Å². The molecule has 0 amide bonds. The molecule has 1 N–H and O–H groups in total. The predicted octanol–water partition coefficient (Wildman–Crippen LogP) is 2.25. The molecule has 0 bridgehead atoms. The molecule has 0 aromatic heterocycles. The monoisotopic (exact) mass is 214 g/mol. The average Bonchev–Trinajstić information content (AvgIpc) is 2.16. The normalized spacial score (nSPS) is 24.9. The Balaban J connectivity index is 2.35.